The zero-order valence-corrected chi connectivity index (χ0v) is 11.7. The van der Waals surface area contributed by atoms with Crippen LogP contribution in [0.4, 0.5) is 14.9 Å². The minimum atomic E-state index is -0.914. The summed E-state index contributed by atoms with van der Waals surface area (Å²) in [6.45, 7) is -0.0575. The Morgan fingerprint density at radius 2 is 2.23 bits per heavy atom. The molecule has 2 amide bonds. The van der Waals surface area contributed by atoms with Gasteiger partial charge < -0.3 is 20.5 Å². The fourth-order valence-corrected chi connectivity index (χ4v) is 1.63. The molecule has 1 aromatic carbocycles. The molecule has 0 aliphatic carbocycles. The van der Waals surface area contributed by atoms with E-state index in [-0.39, 0.29) is 13.2 Å². The minimum absolute atomic E-state index is 0.00140. The molecule has 2 aromatic rings. The van der Waals surface area contributed by atoms with Crippen LogP contribution in [0.2, 0.25) is 0 Å². The number of aliphatic hydroxyl groups is 1. The molecule has 0 bridgehead atoms. The van der Waals surface area contributed by atoms with Crippen molar-refractivity contribution >= 4 is 11.7 Å². The van der Waals surface area contributed by atoms with E-state index in [4.69, 9.17) is 4.74 Å². The van der Waals surface area contributed by atoms with E-state index in [0.29, 0.717) is 11.4 Å². The number of hydrogen-bond donors (Lipinski definition) is 3. The van der Waals surface area contributed by atoms with Gasteiger partial charge in [0, 0.05) is 18.8 Å². The number of hydrogen-bond acceptors (Lipinski definition) is 4. The third-order valence-corrected chi connectivity index (χ3v) is 2.66. The molecule has 0 radical (unpaired) electrons. The summed E-state index contributed by atoms with van der Waals surface area (Å²) >= 11 is 0. The Bertz CT molecular complexity index is 610. The molecule has 0 fully saturated rings. The third-order valence-electron chi connectivity index (χ3n) is 2.66. The van der Waals surface area contributed by atoms with Crippen LogP contribution in [0, 0.1) is 5.82 Å². The second-order valence-corrected chi connectivity index (χ2v) is 4.50. The number of halogens is 1. The highest BCUT2D eigenvalue weighted by Gasteiger charge is 2.08. The van der Waals surface area contributed by atoms with Crippen molar-refractivity contribution in [1.82, 2.24) is 10.3 Å². The number of nitrogens with zero attached hydrogens (tertiary/aromatic N) is 1. The Balaban J connectivity index is 1.69. The van der Waals surface area contributed by atoms with Crippen LogP contribution in [0.5, 0.6) is 5.75 Å². The van der Waals surface area contributed by atoms with Crippen LogP contribution < -0.4 is 15.4 Å². The van der Waals surface area contributed by atoms with E-state index in [1.807, 2.05) is 0 Å². The van der Waals surface area contributed by atoms with Gasteiger partial charge in [0.05, 0.1) is 11.9 Å². The van der Waals surface area contributed by atoms with Gasteiger partial charge in [0.1, 0.15) is 24.3 Å². The number of carbonyl (C=O) groups excluding carboxylic acids is 1. The van der Waals surface area contributed by atoms with Crippen LogP contribution in [0.3, 0.4) is 0 Å². The largest absolute Gasteiger partial charge is 0.491 e. The number of aliphatic hydroxyl groups excluding tert-OH is 1. The monoisotopic (exact) mass is 305 g/mol. The summed E-state index contributed by atoms with van der Waals surface area (Å²) in [6.07, 6.45) is 2.18. The molecule has 3 N–H and O–H groups in total. The lowest BCUT2D eigenvalue weighted by molar-refractivity contribution is 0.108. The lowest BCUT2D eigenvalue weighted by atomic mass is 10.3. The van der Waals surface area contributed by atoms with E-state index >= 15 is 0 Å². The van der Waals surface area contributed by atoms with Gasteiger partial charge in [-0.1, -0.05) is 6.07 Å². The highest BCUT2D eigenvalue weighted by atomic mass is 19.1. The molecule has 0 aliphatic heterocycles. The van der Waals surface area contributed by atoms with Crippen molar-refractivity contribution in [3.63, 3.8) is 0 Å². The Hall–Kier alpha value is -2.67. The van der Waals surface area contributed by atoms with Gasteiger partial charge in [0.2, 0.25) is 0 Å². The average Bonchev–Trinajstić information content (AvgIpc) is 2.52. The Morgan fingerprint density at radius 1 is 1.36 bits per heavy atom. The Labute approximate surface area is 127 Å². The second-order valence-electron chi connectivity index (χ2n) is 4.50. The molecule has 0 aliphatic rings. The summed E-state index contributed by atoms with van der Waals surface area (Å²) in [5.74, 6) is -0.0974. The van der Waals surface area contributed by atoms with E-state index in [1.54, 1.807) is 24.4 Å². The molecule has 2 rings (SSSR count). The maximum absolute atomic E-state index is 12.9. The van der Waals surface area contributed by atoms with Crippen LogP contribution in [0.1, 0.15) is 0 Å². The van der Waals surface area contributed by atoms with Gasteiger partial charge >= 0.3 is 6.03 Å². The van der Waals surface area contributed by atoms with Crippen LogP contribution >= 0.6 is 0 Å². The quantitative estimate of drug-likeness (QED) is 0.759. The van der Waals surface area contributed by atoms with E-state index in [9.17, 15) is 14.3 Å². The molecule has 0 saturated heterocycles. The molecule has 0 spiro atoms. The first-order valence-corrected chi connectivity index (χ1v) is 6.65. The first-order chi connectivity index (χ1) is 10.6. The number of rotatable bonds is 6. The van der Waals surface area contributed by atoms with Gasteiger partial charge in [-0.05, 0) is 24.3 Å². The number of benzene rings is 1. The zero-order chi connectivity index (χ0) is 15.8. The highest BCUT2D eigenvalue weighted by Crippen LogP contribution is 2.11. The van der Waals surface area contributed by atoms with E-state index in [2.05, 4.69) is 15.6 Å². The number of carbonyl (C=O) groups is 1. The fraction of sp³-hybridized carbons (Fsp3) is 0.200. The summed E-state index contributed by atoms with van der Waals surface area (Å²) in [4.78, 5) is 15.4. The number of ether oxygens (including phenoxy) is 1. The maximum Gasteiger partial charge on any atom is 0.319 e. The van der Waals surface area contributed by atoms with Crippen molar-refractivity contribution in [3.05, 3.63) is 54.6 Å². The Kier molecular flexibility index (Phi) is 5.67. The van der Waals surface area contributed by atoms with Gasteiger partial charge in [0.25, 0.3) is 0 Å². The molecule has 6 nitrogen and oxygen atoms in total. The fourth-order valence-electron chi connectivity index (χ4n) is 1.63. The molecule has 7 heteroatoms. The number of urea groups is 1. The van der Waals surface area contributed by atoms with Crippen molar-refractivity contribution in [3.8, 4) is 5.75 Å². The number of aromatic nitrogens is 1. The minimum Gasteiger partial charge on any atom is -0.491 e. The van der Waals surface area contributed by atoms with Crippen molar-refractivity contribution in [2.45, 2.75) is 6.10 Å². The molecule has 0 unspecified atom stereocenters. The molecular formula is C15H16FN3O3. The van der Waals surface area contributed by atoms with Crippen LogP contribution in [-0.2, 0) is 0 Å². The first-order valence-electron chi connectivity index (χ1n) is 6.65. The predicted molar refractivity (Wildman–Crippen MR) is 79.2 cm³/mol. The van der Waals surface area contributed by atoms with E-state index < -0.39 is 18.0 Å². The maximum atomic E-state index is 12.9. The first kappa shape index (κ1) is 15.7. The van der Waals surface area contributed by atoms with Gasteiger partial charge in [-0.25, -0.2) is 9.18 Å². The van der Waals surface area contributed by atoms with Gasteiger partial charge in [0.15, 0.2) is 0 Å². The summed E-state index contributed by atoms with van der Waals surface area (Å²) in [5, 5.41) is 14.8. The van der Waals surface area contributed by atoms with Crippen LogP contribution in [-0.4, -0.2) is 35.4 Å². The van der Waals surface area contributed by atoms with Gasteiger partial charge in [-0.3, -0.25) is 4.98 Å². The number of nitrogens with one attached hydrogen (secondary N) is 2. The van der Waals surface area contributed by atoms with Crippen molar-refractivity contribution in [2.24, 2.45) is 0 Å². The molecule has 0 saturated carbocycles. The highest BCUT2D eigenvalue weighted by molar-refractivity contribution is 5.88. The molecule has 1 atom stereocenters. The SMILES string of the molecule is O=C(NC[C@@H](O)COc1cccc(F)c1)Nc1cccnc1. The van der Waals surface area contributed by atoms with Gasteiger partial charge in [-0.2, -0.15) is 0 Å². The third kappa shape index (κ3) is 5.37. The smallest absolute Gasteiger partial charge is 0.319 e. The summed E-state index contributed by atoms with van der Waals surface area (Å²) in [6, 6.07) is 8.53. The number of anilines is 1. The van der Waals surface area contributed by atoms with Crippen molar-refractivity contribution < 1.29 is 19.0 Å². The normalized spacial score (nSPS) is 11.5. The molecule has 1 heterocycles. The van der Waals surface area contributed by atoms with E-state index in [1.165, 1.54) is 24.4 Å². The van der Waals surface area contributed by atoms with Crippen LogP contribution in [0.25, 0.3) is 0 Å². The standard InChI is InChI=1S/C15H16FN3O3/c16-11-3-1-5-14(7-11)22-10-13(20)9-18-15(21)19-12-4-2-6-17-8-12/h1-8,13,20H,9-10H2,(H2,18,19,21)/t13-/m1/s1. The number of amides is 2. The zero-order valence-electron chi connectivity index (χ0n) is 11.7. The molecule has 22 heavy (non-hydrogen) atoms. The summed E-state index contributed by atoms with van der Waals surface area (Å²) < 4.78 is 18.2. The summed E-state index contributed by atoms with van der Waals surface area (Å²) in [7, 11) is 0. The summed E-state index contributed by atoms with van der Waals surface area (Å²) in [5.41, 5.74) is 0.547. The Morgan fingerprint density at radius 3 is 2.95 bits per heavy atom. The molecular weight excluding hydrogens is 289 g/mol. The van der Waals surface area contributed by atoms with Crippen molar-refractivity contribution in [2.75, 3.05) is 18.5 Å². The van der Waals surface area contributed by atoms with E-state index in [0.717, 1.165) is 0 Å². The molecule has 1 aromatic heterocycles. The average molecular weight is 305 g/mol. The second kappa shape index (κ2) is 7.94. The topological polar surface area (TPSA) is 83.5 Å². The molecule has 116 valence electrons. The lowest BCUT2D eigenvalue weighted by Crippen LogP contribution is -2.37. The van der Waals surface area contributed by atoms with Gasteiger partial charge in [-0.15, -0.1) is 0 Å². The lowest BCUT2D eigenvalue weighted by Gasteiger charge is -2.13. The predicted octanol–water partition coefficient (Wildman–Crippen LogP) is 1.78. The number of pyridine rings is 1. The van der Waals surface area contributed by atoms with Crippen molar-refractivity contribution in [1.29, 1.82) is 0 Å². The van der Waals surface area contributed by atoms with Crippen LogP contribution in [0.15, 0.2) is 48.8 Å².